The fraction of sp³-hybridized carbons (Fsp3) is 0.265. The van der Waals surface area contributed by atoms with Crippen LogP contribution in [0.5, 0.6) is 5.75 Å². The van der Waals surface area contributed by atoms with Crippen LogP contribution in [-0.4, -0.2) is 31.5 Å². The molecule has 1 N–H and O–H groups in total. The Morgan fingerprint density at radius 2 is 1.81 bits per heavy atom. The van der Waals surface area contributed by atoms with Crippen LogP contribution in [0.2, 0.25) is 0 Å². The van der Waals surface area contributed by atoms with Gasteiger partial charge in [-0.3, -0.25) is 9.59 Å². The van der Waals surface area contributed by atoms with E-state index in [-0.39, 0.29) is 24.3 Å². The third-order valence-corrected chi connectivity index (χ3v) is 8.39. The molecule has 0 aromatic heterocycles. The molecule has 0 saturated carbocycles. The predicted octanol–water partition coefficient (Wildman–Crippen LogP) is 6.57. The molecule has 7 nitrogen and oxygen atoms in total. The molecule has 42 heavy (non-hydrogen) atoms. The van der Waals surface area contributed by atoms with E-state index in [9.17, 15) is 14.9 Å². The average Bonchev–Trinajstić information content (AvgIpc) is 3.11. The Morgan fingerprint density at radius 1 is 1.07 bits per heavy atom. The second-order valence-electron chi connectivity index (χ2n) is 10.6. The molecule has 5 rings (SSSR count). The number of nitriles is 1. The molecule has 1 aliphatic heterocycles. The smallest absolute Gasteiger partial charge is 0.251 e. The molecule has 0 unspecified atom stereocenters. The van der Waals surface area contributed by atoms with E-state index in [1.165, 1.54) is 0 Å². The van der Waals surface area contributed by atoms with Crippen LogP contribution in [0.3, 0.4) is 0 Å². The molecule has 4 aromatic rings. The van der Waals surface area contributed by atoms with Crippen molar-refractivity contribution >= 4 is 49.9 Å². The van der Waals surface area contributed by atoms with E-state index in [0.717, 1.165) is 37.7 Å². The summed E-state index contributed by atoms with van der Waals surface area (Å²) in [5.41, 5.74) is 4.12. The van der Waals surface area contributed by atoms with Crippen LogP contribution in [0.25, 0.3) is 10.8 Å². The standard InChI is InChI=1S/C34H33BrN4O3/c1-4-22(2)33(40)37-29-21-38(19-24-11-9-23(18-36)10-12-24)30-7-5-6-8-31(30)39(34(29)41)20-28-27-15-14-26(35)17-25(27)13-16-32(28)42-3/h5-17,22,29H,4,19-21H2,1-3H3,(H,37,40)/t22-,29+/m1/s1. The number of ether oxygens (including phenoxy) is 1. The third-order valence-electron chi connectivity index (χ3n) is 7.90. The van der Waals surface area contributed by atoms with Gasteiger partial charge in [0.15, 0.2) is 0 Å². The highest BCUT2D eigenvalue weighted by Crippen LogP contribution is 2.38. The number of para-hydroxylation sites is 2. The van der Waals surface area contributed by atoms with Gasteiger partial charge in [0, 0.05) is 29.0 Å². The van der Waals surface area contributed by atoms with Gasteiger partial charge in [-0.05, 0) is 65.2 Å². The number of amides is 2. The minimum Gasteiger partial charge on any atom is -0.496 e. The minimum atomic E-state index is -0.771. The number of hydrogen-bond donors (Lipinski definition) is 1. The number of halogens is 1. The van der Waals surface area contributed by atoms with E-state index in [1.54, 1.807) is 24.1 Å². The lowest BCUT2D eigenvalue weighted by Crippen LogP contribution is -2.53. The SMILES string of the molecule is CC[C@@H](C)C(=O)N[C@H]1CN(Cc2ccc(C#N)cc2)c2ccccc2N(Cc2c(OC)ccc3cc(Br)ccc23)C1=O. The number of carbonyl (C=O) groups is 2. The van der Waals surface area contributed by atoms with Crippen molar-refractivity contribution in [3.05, 3.63) is 100 Å². The lowest BCUT2D eigenvalue weighted by Gasteiger charge is -2.27. The first kappa shape index (κ1) is 29.2. The number of methoxy groups -OCH3 is 1. The van der Waals surface area contributed by atoms with Crippen LogP contribution in [0.15, 0.2) is 83.3 Å². The fourth-order valence-corrected chi connectivity index (χ4v) is 5.72. The number of benzene rings is 4. The van der Waals surface area contributed by atoms with Crippen molar-refractivity contribution in [2.24, 2.45) is 5.92 Å². The van der Waals surface area contributed by atoms with Crippen molar-refractivity contribution < 1.29 is 14.3 Å². The summed E-state index contributed by atoms with van der Waals surface area (Å²) in [6.45, 7) is 4.90. The van der Waals surface area contributed by atoms with Crippen LogP contribution in [0, 0.1) is 17.2 Å². The summed E-state index contributed by atoms with van der Waals surface area (Å²) in [7, 11) is 1.64. The molecule has 1 aliphatic rings. The van der Waals surface area contributed by atoms with Crippen molar-refractivity contribution in [3.8, 4) is 11.8 Å². The van der Waals surface area contributed by atoms with Gasteiger partial charge in [0.25, 0.3) is 5.91 Å². The van der Waals surface area contributed by atoms with Gasteiger partial charge in [0.05, 0.1) is 36.7 Å². The highest BCUT2D eigenvalue weighted by molar-refractivity contribution is 9.10. The van der Waals surface area contributed by atoms with Crippen LogP contribution >= 0.6 is 15.9 Å². The molecule has 1 heterocycles. The zero-order valence-electron chi connectivity index (χ0n) is 23.9. The largest absolute Gasteiger partial charge is 0.496 e. The van der Waals surface area contributed by atoms with Gasteiger partial charge in [0.2, 0.25) is 5.91 Å². The van der Waals surface area contributed by atoms with E-state index in [1.807, 2.05) is 80.6 Å². The lowest BCUT2D eigenvalue weighted by molar-refractivity contribution is -0.129. The topological polar surface area (TPSA) is 85.7 Å². The Kier molecular flexibility index (Phi) is 8.79. The Labute approximate surface area is 254 Å². The Morgan fingerprint density at radius 3 is 2.50 bits per heavy atom. The Hall–Kier alpha value is -4.35. The molecule has 2 atom stereocenters. The molecular weight excluding hydrogens is 592 g/mol. The molecule has 0 radical (unpaired) electrons. The molecule has 0 bridgehead atoms. The highest BCUT2D eigenvalue weighted by Gasteiger charge is 2.36. The molecule has 0 spiro atoms. The zero-order chi connectivity index (χ0) is 29.8. The molecule has 4 aromatic carbocycles. The van der Waals surface area contributed by atoms with Gasteiger partial charge in [-0.1, -0.05) is 66.2 Å². The zero-order valence-corrected chi connectivity index (χ0v) is 25.5. The Balaban J connectivity index is 1.61. The molecule has 0 aliphatic carbocycles. The summed E-state index contributed by atoms with van der Waals surface area (Å²) in [6.07, 6.45) is 0.675. The number of anilines is 2. The van der Waals surface area contributed by atoms with Crippen molar-refractivity contribution in [1.29, 1.82) is 5.26 Å². The first-order valence-corrected chi connectivity index (χ1v) is 14.8. The summed E-state index contributed by atoms with van der Waals surface area (Å²) in [5, 5.41) is 14.3. The van der Waals surface area contributed by atoms with Crippen LogP contribution in [0.4, 0.5) is 11.4 Å². The van der Waals surface area contributed by atoms with E-state index >= 15 is 0 Å². The first-order chi connectivity index (χ1) is 20.3. The van der Waals surface area contributed by atoms with Gasteiger partial charge in [-0.25, -0.2) is 0 Å². The second-order valence-corrected chi connectivity index (χ2v) is 11.5. The number of hydrogen-bond acceptors (Lipinski definition) is 5. The molecule has 2 amide bonds. The van der Waals surface area contributed by atoms with Crippen LogP contribution in [0.1, 0.15) is 37.0 Å². The van der Waals surface area contributed by atoms with E-state index in [4.69, 9.17) is 4.74 Å². The summed E-state index contributed by atoms with van der Waals surface area (Å²) >= 11 is 3.56. The predicted molar refractivity (Wildman–Crippen MR) is 169 cm³/mol. The van der Waals surface area contributed by atoms with Crippen molar-refractivity contribution in [2.45, 2.75) is 39.4 Å². The fourth-order valence-electron chi connectivity index (χ4n) is 5.35. The van der Waals surface area contributed by atoms with E-state index in [2.05, 4.69) is 32.2 Å². The highest BCUT2D eigenvalue weighted by atomic mass is 79.9. The van der Waals surface area contributed by atoms with Gasteiger partial charge in [0.1, 0.15) is 11.8 Å². The first-order valence-electron chi connectivity index (χ1n) is 14.0. The van der Waals surface area contributed by atoms with E-state index in [0.29, 0.717) is 30.8 Å². The quantitative estimate of drug-likeness (QED) is 0.240. The molecule has 0 fully saturated rings. The summed E-state index contributed by atoms with van der Waals surface area (Å²) < 4.78 is 6.75. The number of rotatable bonds is 8. The van der Waals surface area contributed by atoms with Crippen molar-refractivity contribution in [1.82, 2.24) is 5.32 Å². The maximum atomic E-state index is 14.4. The number of carbonyl (C=O) groups excluding carboxylic acids is 2. The number of nitrogens with zero attached hydrogens (tertiary/aromatic N) is 3. The normalized spacial score (nSPS) is 15.5. The average molecular weight is 626 g/mol. The number of nitrogens with one attached hydrogen (secondary N) is 1. The minimum absolute atomic E-state index is 0.146. The summed E-state index contributed by atoms with van der Waals surface area (Å²) in [5.74, 6) is 0.139. The maximum Gasteiger partial charge on any atom is 0.251 e. The summed E-state index contributed by atoms with van der Waals surface area (Å²) in [6, 6.07) is 26.7. The van der Waals surface area contributed by atoms with E-state index < -0.39 is 6.04 Å². The molecule has 8 heteroatoms. The second kappa shape index (κ2) is 12.7. The van der Waals surface area contributed by atoms with Gasteiger partial charge in [-0.2, -0.15) is 5.26 Å². The van der Waals surface area contributed by atoms with Crippen LogP contribution < -0.4 is 19.9 Å². The Bertz CT molecular complexity index is 1660. The van der Waals surface area contributed by atoms with Gasteiger partial charge < -0.3 is 19.9 Å². The summed E-state index contributed by atoms with van der Waals surface area (Å²) in [4.78, 5) is 31.5. The van der Waals surface area contributed by atoms with Crippen molar-refractivity contribution in [2.75, 3.05) is 23.5 Å². The van der Waals surface area contributed by atoms with Gasteiger partial charge in [-0.15, -0.1) is 0 Å². The van der Waals surface area contributed by atoms with Gasteiger partial charge >= 0.3 is 0 Å². The lowest BCUT2D eigenvalue weighted by atomic mass is 10.0. The molecule has 214 valence electrons. The van der Waals surface area contributed by atoms with Crippen molar-refractivity contribution in [3.63, 3.8) is 0 Å². The monoisotopic (exact) mass is 624 g/mol. The molecular formula is C34H33BrN4O3. The maximum absolute atomic E-state index is 14.4. The van der Waals surface area contributed by atoms with Crippen LogP contribution in [-0.2, 0) is 22.7 Å². The number of fused-ring (bicyclic) bond motifs is 2. The molecule has 0 saturated heterocycles. The third kappa shape index (κ3) is 5.97.